The minimum atomic E-state index is -0.110. The summed E-state index contributed by atoms with van der Waals surface area (Å²) in [6, 6.07) is 0. The van der Waals surface area contributed by atoms with E-state index >= 15 is 0 Å². The minimum absolute atomic E-state index is 0.0202. The van der Waals surface area contributed by atoms with Crippen molar-refractivity contribution >= 4 is 5.97 Å². The Hall–Kier alpha value is -0.570. The zero-order chi connectivity index (χ0) is 8.10. The normalized spacial score (nSPS) is 22.6. The number of rotatable bonds is 5. The van der Waals surface area contributed by atoms with Crippen LogP contribution in [0.4, 0.5) is 0 Å². The molecule has 1 heterocycles. The number of hydrogen-bond acceptors (Lipinski definition) is 3. The Labute approximate surface area is 66.7 Å². The summed E-state index contributed by atoms with van der Waals surface area (Å²) in [6.07, 6.45) is 2.21. The van der Waals surface area contributed by atoms with Gasteiger partial charge in [-0.05, 0) is 6.42 Å². The molecule has 0 saturated carbocycles. The molecule has 0 N–H and O–H groups in total. The molecule has 1 rings (SSSR count). The summed E-state index contributed by atoms with van der Waals surface area (Å²) in [5.74, 6) is -0.0895. The molecule has 1 aliphatic heterocycles. The second kappa shape index (κ2) is 4.34. The molecular weight excluding hydrogens is 144 g/mol. The average molecular weight is 158 g/mol. The Kier molecular flexibility index (Phi) is 3.36. The van der Waals surface area contributed by atoms with Crippen LogP contribution in [0.2, 0.25) is 0 Å². The zero-order valence-electron chi connectivity index (χ0n) is 6.84. The summed E-state index contributed by atoms with van der Waals surface area (Å²) in [6.45, 7) is 3.96. The number of cyclic esters (lactones) is 1. The summed E-state index contributed by atoms with van der Waals surface area (Å²) >= 11 is 0. The first-order valence-electron chi connectivity index (χ1n) is 4.09. The molecule has 0 aromatic carbocycles. The number of hydrogen-bond donors (Lipinski definition) is 0. The van der Waals surface area contributed by atoms with Gasteiger partial charge in [-0.2, -0.15) is 0 Å². The molecule has 1 saturated heterocycles. The van der Waals surface area contributed by atoms with Crippen LogP contribution in [0.15, 0.2) is 0 Å². The van der Waals surface area contributed by atoms with E-state index in [4.69, 9.17) is 4.74 Å². The van der Waals surface area contributed by atoms with Gasteiger partial charge in [0.1, 0.15) is 12.5 Å². The monoisotopic (exact) mass is 158 g/mol. The van der Waals surface area contributed by atoms with E-state index in [1.54, 1.807) is 0 Å². The number of esters is 1. The van der Waals surface area contributed by atoms with Crippen molar-refractivity contribution in [1.82, 2.24) is 0 Å². The third kappa shape index (κ3) is 2.50. The van der Waals surface area contributed by atoms with Gasteiger partial charge in [0.15, 0.2) is 0 Å². The fourth-order valence-electron chi connectivity index (χ4n) is 0.857. The average Bonchev–Trinajstić information content (AvgIpc) is 2.02. The second-order valence-corrected chi connectivity index (χ2v) is 2.76. The van der Waals surface area contributed by atoms with Crippen LogP contribution in [0, 0.1) is 5.92 Å². The zero-order valence-corrected chi connectivity index (χ0v) is 6.84. The van der Waals surface area contributed by atoms with Crippen molar-refractivity contribution < 1.29 is 14.3 Å². The number of unbranched alkanes of at least 4 members (excludes halogenated alkanes) is 1. The molecule has 3 heteroatoms. The van der Waals surface area contributed by atoms with Gasteiger partial charge in [0, 0.05) is 6.61 Å². The fourth-order valence-corrected chi connectivity index (χ4v) is 0.857. The molecular formula is C8H14O3. The van der Waals surface area contributed by atoms with Crippen LogP contribution in [-0.4, -0.2) is 25.8 Å². The lowest BCUT2D eigenvalue weighted by molar-refractivity contribution is -0.172. The molecule has 0 radical (unpaired) electrons. The maximum Gasteiger partial charge on any atom is 0.314 e. The van der Waals surface area contributed by atoms with Gasteiger partial charge >= 0.3 is 5.97 Å². The van der Waals surface area contributed by atoms with Crippen molar-refractivity contribution in [3.05, 3.63) is 0 Å². The Morgan fingerprint density at radius 1 is 1.73 bits per heavy atom. The molecule has 1 atom stereocenters. The Bertz CT molecular complexity index is 133. The van der Waals surface area contributed by atoms with Crippen LogP contribution < -0.4 is 0 Å². The third-order valence-corrected chi connectivity index (χ3v) is 1.72. The highest BCUT2D eigenvalue weighted by Crippen LogP contribution is 2.12. The number of carbonyl (C=O) groups excluding carboxylic acids is 1. The largest absolute Gasteiger partial charge is 0.464 e. The summed E-state index contributed by atoms with van der Waals surface area (Å²) < 4.78 is 9.83. The van der Waals surface area contributed by atoms with Crippen LogP contribution in [0.1, 0.15) is 19.8 Å². The van der Waals surface area contributed by atoms with Crippen LogP contribution in [0.25, 0.3) is 0 Å². The first-order chi connectivity index (χ1) is 5.34. The van der Waals surface area contributed by atoms with Gasteiger partial charge in [0.25, 0.3) is 0 Å². The van der Waals surface area contributed by atoms with E-state index in [0.29, 0.717) is 13.2 Å². The molecule has 1 unspecified atom stereocenters. The van der Waals surface area contributed by atoms with E-state index in [2.05, 4.69) is 11.7 Å². The summed E-state index contributed by atoms with van der Waals surface area (Å²) in [5, 5.41) is 0. The summed E-state index contributed by atoms with van der Waals surface area (Å²) in [4.78, 5) is 10.6. The van der Waals surface area contributed by atoms with Gasteiger partial charge in [-0.25, -0.2) is 0 Å². The van der Waals surface area contributed by atoms with E-state index in [-0.39, 0.29) is 11.9 Å². The minimum Gasteiger partial charge on any atom is -0.464 e. The van der Waals surface area contributed by atoms with Gasteiger partial charge in [-0.1, -0.05) is 13.3 Å². The topological polar surface area (TPSA) is 35.5 Å². The van der Waals surface area contributed by atoms with Crippen LogP contribution in [0.3, 0.4) is 0 Å². The van der Waals surface area contributed by atoms with Crippen molar-refractivity contribution in [3.63, 3.8) is 0 Å². The molecule has 0 spiro atoms. The van der Waals surface area contributed by atoms with Crippen LogP contribution in [-0.2, 0) is 14.3 Å². The lowest BCUT2D eigenvalue weighted by Gasteiger charge is -2.23. The van der Waals surface area contributed by atoms with Crippen molar-refractivity contribution in [2.45, 2.75) is 19.8 Å². The Morgan fingerprint density at radius 3 is 3.00 bits per heavy atom. The van der Waals surface area contributed by atoms with Gasteiger partial charge in [-0.15, -0.1) is 0 Å². The van der Waals surface area contributed by atoms with Crippen molar-refractivity contribution in [2.24, 2.45) is 5.92 Å². The molecule has 1 fully saturated rings. The molecule has 1 aliphatic rings. The van der Waals surface area contributed by atoms with E-state index in [1.165, 1.54) is 0 Å². The quantitative estimate of drug-likeness (QED) is 0.442. The molecule has 3 nitrogen and oxygen atoms in total. The van der Waals surface area contributed by atoms with E-state index in [1.807, 2.05) is 0 Å². The lowest BCUT2D eigenvalue weighted by atomic mass is 10.1. The highest BCUT2D eigenvalue weighted by Gasteiger charge is 2.30. The molecule has 0 aromatic heterocycles. The summed E-state index contributed by atoms with van der Waals surface area (Å²) in [5.41, 5.74) is 0. The molecule has 0 bridgehead atoms. The van der Waals surface area contributed by atoms with Gasteiger partial charge in [0.2, 0.25) is 0 Å². The molecule has 0 amide bonds. The highest BCUT2D eigenvalue weighted by atomic mass is 16.6. The molecule has 64 valence electrons. The predicted octanol–water partition coefficient (Wildman–Crippen LogP) is 0.976. The SMILES string of the molecule is CCCCOCC1COC1=O. The van der Waals surface area contributed by atoms with Crippen LogP contribution in [0.5, 0.6) is 0 Å². The molecule has 11 heavy (non-hydrogen) atoms. The maximum absolute atomic E-state index is 10.6. The third-order valence-electron chi connectivity index (χ3n) is 1.72. The van der Waals surface area contributed by atoms with Gasteiger partial charge in [0.05, 0.1) is 6.61 Å². The van der Waals surface area contributed by atoms with Crippen molar-refractivity contribution in [1.29, 1.82) is 0 Å². The highest BCUT2D eigenvalue weighted by molar-refractivity contribution is 5.77. The van der Waals surface area contributed by atoms with Crippen molar-refractivity contribution in [3.8, 4) is 0 Å². The van der Waals surface area contributed by atoms with Crippen molar-refractivity contribution in [2.75, 3.05) is 19.8 Å². The van der Waals surface area contributed by atoms with Crippen LogP contribution >= 0.6 is 0 Å². The maximum atomic E-state index is 10.6. The Balaban J connectivity index is 1.91. The lowest BCUT2D eigenvalue weighted by Crippen LogP contribution is -2.37. The Morgan fingerprint density at radius 2 is 2.55 bits per heavy atom. The van der Waals surface area contributed by atoms with Gasteiger partial charge < -0.3 is 9.47 Å². The second-order valence-electron chi connectivity index (χ2n) is 2.76. The smallest absolute Gasteiger partial charge is 0.314 e. The first kappa shape index (κ1) is 8.53. The summed E-state index contributed by atoms with van der Waals surface area (Å²) in [7, 11) is 0. The van der Waals surface area contributed by atoms with E-state index < -0.39 is 0 Å². The fraction of sp³-hybridized carbons (Fsp3) is 0.875. The number of carbonyl (C=O) groups is 1. The van der Waals surface area contributed by atoms with E-state index in [0.717, 1.165) is 19.4 Å². The predicted molar refractivity (Wildman–Crippen MR) is 40.2 cm³/mol. The molecule has 0 aromatic rings. The number of ether oxygens (including phenoxy) is 2. The van der Waals surface area contributed by atoms with Gasteiger partial charge in [-0.3, -0.25) is 4.79 Å². The first-order valence-corrected chi connectivity index (χ1v) is 4.09. The molecule has 0 aliphatic carbocycles. The van der Waals surface area contributed by atoms with E-state index in [9.17, 15) is 4.79 Å². The standard InChI is InChI=1S/C8H14O3/c1-2-3-4-10-5-7-6-11-8(7)9/h7H,2-6H2,1H3.